The molecule has 0 aromatic heterocycles. The van der Waals surface area contributed by atoms with Crippen LogP contribution in [0.4, 0.5) is 0 Å². The van der Waals surface area contributed by atoms with Gasteiger partial charge in [0.1, 0.15) is 0 Å². The van der Waals surface area contributed by atoms with E-state index in [1.54, 1.807) is 0 Å². The van der Waals surface area contributed by atoms with Crippen molar-refractivity contribution in [2.75, 3.05) is 13.6 Å². The summed E-state index contributed by atoms with van der Waals surface area (Å²) >= 11 is 6.22. The van der Waals surface area contributed by atoms with Crippen molar-refractivity contribution in [2.45, 2.75) is 38.3 Å². The molecule has 1 aromatic carbocycles. The van der Waals surface area contributed by atoms with Crippen molar-refractivity contribution in [3.63, 3.8) is 0 Å². The number of benzene rings is 1. The van der Waals surface area contributed by atoms with E-state index < -0.39 is 0 Å². The molecule has 1 fully saturated rings. The first-order valence-corrected chi connectivity index (χ1v) is 7.07. The first-order valence-electron chi connectivity index (χ1n) is 6.70. The standard InChI is InChI=1S/C15H23ClN2/c1-15(11-17,9-12-7-8-12)18(2)10-13-5-3-4-6-14(13)16/h3-6,12H,7-11,17H2,1-2H3. The van der Waals surface area contributed by atoms with Gasteiger partial charge in [-0.2, -0.15) is 0 Å². The lowest BCUT2D eigenvalue weighted by molar-refractivity contribution is 0.119. The van der Waals surface area contributed by atoms with Crippen molar-refractivity contribution < 1.29 is 0 Å². The van der Waals surface area contributed by atoms with Crippen LogP contribution in [0.1, 0.15) is 31.7 Å². The fraction of sp³-hybridized carbons (Fsp3) is 0.600. The zero-order valence-electron chi connectivity index (χ0n) is 11.3. The molecule has 2 N–H and O–H groups in total. The molecular formula is C15H23ClN2. The van der Waals surface area contributed by atoms with Crippen LogP contribution in [0.25, 0.3) is 0 Å². The van der Waals surface area contributed by atoms with Gasteiger partial charge in [-0.15, -0.1) is 0 Å². The number of nitrogens with zero attached hydrogens (tertiary/aromatic N) is 1. The minimum Gasteiger partial charge on any atom is -0.329 e. The highest BCUT2D eigenvalue weighted by molar-refractivity contribution is 6.31. The second-order valence-electron chi connectivity index (χ2n) is 5.80. The number of nitrogens with two attached hydrogens (primary N) is 1. The molecule has 1 aromatic rings. The van der Waals surface area contributed by atoms with Crippen molar-refractivity contribution in [1.82, 2.24) is 4.90 Å². The fourth-order valence-electron chi connectivity index (χ4n) is 2.41. The maximum absolute atomic E-state index is 6.22. The first kappa shape index (κ1) is 13.9. The molecule has 1 unspecified atom stereocenters. The van der Waals surface area contributed by atoms with Gasteiger partial charge in [0.05, 0.1) is 0 Å². The number of hydrogen-bond donors (Lipinski definition) is 1. The highest BCUT2D eigenvalue weighted by atomic mass is 35.5. The van der Waals surface area contributed by atoms with Gasteiger partial charge in [-0.3, -0.25) is 4.90 Å². The van der Waals surface area contributed by atoms with Crippen LogP contribution in [0.15, 0.2) is 24.3 Å². The molecule has 1 saturated carbocycles. The molecule has 0 radical (unpaired) electrons. The van der Waals surface area contributed by atoms with Gasteiger partial charge in [-0.05, 0) is 37.9 Å². The van der Waals surface area contributed by atoms with Gasteiger partial charge in [0.2, 0.25) is 0 Å². The Hall–Kier alpha value is -0.570. The lowest BCUT2D eigenvalue weighted by Gasteiger charge is -2.38. The average molecular weight is 267 g/mol. The predicted octanol–water partition coefficient (Wildman–Crippen LogP) is 3.29. The zero-order chi connectivity index (χ0) is 13.2. The maximum atomic E-state index is 6.22. The molecule has 0 bridgehead atoms. The van der Waals surface area contributed by atoms with E-state index in [4.69, 9.17) is 17.3 Å². The molecule has 100 valence electrons. The van der Waals surface area contributed by atoms with Gasteiger partial charge in [0, 0.05) is 23.7 Å². The fourth-order valence-corrected chi connectivity index (χ4v) is 2.61. The number of halogens is 1. The molecular weight excluding hydrogens is 244 g/mol. The Labute approximate surface area is 115 Å². The van der Waals surface area contributed by atoms with Gasteiger partial charge in [-0.1, -0.05) is 42.6 Å². The Morgan fingerprint density at radius 2 is 2.06 bits per heavy atom. The summed E-state index contributed by atoms with van der Waals surface area (Å²) in [7, 11) is 2.15. The third kappa shape index (κ3) is 3.25. The average Bonchev–Trinajstić information content (AvgIpc) is 3.15. The Balaban J connectivity index is 2.04. The van der Waals surface area contributed by atoms with Gasteiger partial charge < -0.3 is 5.73 Å². The molecule has 0 amide bonds. The second kappa shape index (κ2) is 5.60. The largest absolute Gasteiger partial charge is 0.329 e. The molecule has 0 heterocycles. The topological polar surface area (TPSA) is 29.3 Å². The van der Waals surface area contributed by atoms with E-state index in [1.807, 2.05) is 18.2 Å². The molecule has 0 saturated heterocycles. The predicted molar refractivity (Wildman–Crippen MR) is 77.7 cm³/mol. The Morgan fingerprint density at radius 1 is 1.39 bits per heavy atom. The molecule has 0 aliphatic heterocycles. The van der Waals surface area contributed by atoms with Gasteiger partial charge in [0.25, 0.3) is 0 Å². The van der Waals surface area contributed by atoms with Gasteiger partial charge in [0.15, 0.2) is 0 Å². The molecule has 2 rings (SSSR count). The summed E-state index contributed by atoms with van der Waals surface area (Å²) in [6.07, 6.45) is 3.94. The Kier molecular flexibility index (Phi) is 4.31. The maximum Gasteiger partial charge on any atom is 0.0451 e. The van der Waals surface area contributed by atoms with Crippen molar-refractivity contribution in [3.8, 4) is 0 Å². The Morgan fingerprint density at radius 3 is 2.61 bits per heavy atom. The quantitative estimate of drug-likeness (QED) is 0.856. The van der Waals surface area contributed by atoms with E-state index in [1.165, 1.54) is 24.8 Å². The summed E-state index contributed by atoms with van der Waals surface area (Å²) < 4.78 is 0. The summed E-state index contributed by atoms with van der Waals surface area (Å²) in [5.74, 6) is 0.882. The minimum atomic E-state index is 0.0837. The first-order chi connectivity index (χ1) is 8.55. The third-order valence-electron chi connectivity index (χ3n) is 4.15. The van der Waals surface area contributed by atoms with Crippen LogP contribution in [-0.2, 0) is 6.54 Å². The molecule has 3 heteroatoms. The van der Waals surface area contributed by atoms with E-state index in [9.17, 15) is 0 Å². The lowest BCUT2D eigenvalue weighted by atomic mass is 9.92. The van der Waals surface area contributed by atoms with Crippen molar-refractivity contribution in [3.05, 3.63) is 34.9 Å². The highest BCUT2D eigenvalue weighted by Crippen LogP contribution is 2.38. The third-order valence-corrected chi connectivity index (χ3v) is 4.52. The monoisotopic (exact) mass is 266 g/mol. The van der Waals surface area contributed by atoms with Crippen LogP contribution in [-0.4, -0.2) is 24.0 Å². The molecule has 1 atom stereocenters. The molecule has 18 heavy (non-hydrogen) atoms. The normalized spacial score (nSPS) is 18.9. The SMILES string of the molecule is CN(Cc1ccccc1Cl)C(C)(CN)CC1CC1. The second-order valence-corrected chi connectivity index (χ2v) is 6.20. The van der Waals surface area contributed by atoms with E-state index in [0.29, 0.717) is 6.54 Å². The van der Waals surface area contributed by atoms with Crippen LogP contribution in [0.3, 0.4) is 0 Å². The summed E-state index contributed by atoms with van der Waals surface area (Å²) in [6.45, 7) is 3.83. The van der Waals surface area contributed by atoms with Crippen molar-refractivity contribution in [1.29, 1.82) is 0 Å². The molecule has 1 aliphatic carbocycles. The van der Waals surface area contributed by atoms with E-state index in [0.717, 1.165) is 17.5 Å². The lowest BCUT2D eigenvalue weighted by Crippen LogP contribution is -2.49. The van der Waals surface area contributed by atoms with Crippen molar-refractivity contribution >= 4 is 11.6 Å². The number of hydrogen-bond acceptors (Lipinski definition) is 2. The summed E-state index contributed by atoms with van der Waals surface area (Å²) in [6, 6.07) is 8.05. The Bertz CT molecular complexity index is 403. The van der Waals surface area contributed by atoms with Crippen LogP contribution >= 0.6 is 11.6 Å². The van der Waals surface area contributed by atoms with Crippen molar-refractivity contribution in [2.24, 2.45) is 11.7 Å². The van der Waals surface area contributed by atoms with E-state index in [-0.39, 0.29) is 5.54 Å². The van der Waals surface area contributed by atoms with Gasteiger partial charge in [-0.25, -0.2) is 0 Å². The van der Waals surface area contributed by atoms with Crippen LogP contribution < -0.4 is 5.73 Å². The number of rotatable bonds is 6. The molecule has 2 nitrogen and oxygen atoms in total. The highest BCUT2D eigenvalue weighted by Gasteiger charge is 2.35. The summed E-state index contributed by atoms with van der Waals surface area (Å²) in [4.78, 5) is 2.35. The van der Waals surface area contributed by atoms with Crippen LogP contribution in [0, 0.1) is 5.92 Å². The van der Waals surface area contributed by atoms with Crippen LogP contribution in [0.2, 0.25) is 5.02 Å². The molecule has 0 spiro atoms. The van der Waals surface area contributed by atoms with Crippen LogP contribution in [0.5, 0.6) is 0 Å². The summed E-state index contributed by atoms with van der Waals surface area (Å²) in [5.41, 5.74) is 7.26. The molecule has 1 aliphatic rings. The minimum absolute atomic E-state index is 0.0837. The summed E-state index contributed by atoms with van der Waals surface area (Å²) in [5, 5.41) is 0.843. The number of likely N-dealkylation sites (N-methyl/N-ethyl adjacent to an activating group) is 1. The zero-order valence-corrected chi connectivity index (χ0v) is 12.1. The van der Waals surface area contributed by atoms with E-state index in [2.05, 4.69) is 24.9 Å². The smallest absolute Gasteiger partial charge is 0.0451 e. The van der Waals surface area contributed by atoms with Gasteiger partial charge >= 0.3 is 0 Å². The van der Waals surface area contributed by atoms with E-state index >= 15 is 0 Å².